The van der Waals surface area contributed by atoms with Crippen LogP contribution in [0.3, 0.4) is 0 Å². The van der Waals surface area contributed by atoms with Crippen LogP contribution in [-0.2, 0) is 4.74 Å². The van der Waals surface area contributed by atoms with Gasteiger partial charge in [0.05, 0.1) is 0 Å². The molecule has 0 unspecified atom stereocenters. The molecule has 1 saturated heterocycles. The zero-order valence-electron chi connectivity index (χ0n) is 13.4. The van der Waals surface area contributed by atoms with Gasteiger partial charge in [-0.05, 0) is 58.2 Å². The van der Waals surface area contributed by atoms with Crippen LogP contribution >= 0.6 is 0 Å². The van der Waals surface area contributed by atoms with Crippen molar-refractivity contribution >= 4 is 11.9 Å². The number of ether oxygens (including phenoxy) is 1. The molecule has 1 aliphatic rings. The minimum atomic E-state index is -0.519. The van der Waals surface area contributed by atoms with E-state index in [0.29, 0.717) is 5.82 Å². The lowest BCUT2D eigenvalue weighted by Gasteiger charge is -2.37. The molecule has 1 aliphatic heterocycles. The molecular formula is C16H25N3O2. The van der Waals surface area contributed by atoms with E-state index in [-0.39, 0.29) is 6.09 Å². The van der Waals surface area contributed by atoms with Crippen LogP contribution in [-0.4, -0.2) is 34.8 Å². The number of aromatic nitrogens is 1. The highest BCUT2D eigenvalue weighted by Gasteiger charge is 2.30. The average Bonchev–Trinajstić information content (AvgIpc) is 2.38. The van der Waals surface area contributed by atoms with Gasteiger partial charge >= 0.3 is 6.09 Å². The van der Waals surface area contributed by atoms with Crippen molar-refractivity contribution in [1.29, 1.82) is 0 Å². The van der Waals surface area contributed by atoms with Crippen molar-refractivity contribution in [2.45, 2.75) is 52.6 Å². The smallest absolute Gasteiger partial charge is 0.431 e. The molecule has 1 aromatic rings. The average molecular weight is 291 g/mol. The number of hydrogen-bond donors (Lipinski definition) is 0. The van der Waals surface area contributed by atoms with Crippen molar-refractivity contribution < 1.29 is 9.53 Å². The van der Waals surface area contributed by atoms with E-state index in [9.17, 15) is 4.79 Å². The van der Waals surface area contributed by atoms with Crippen molar-refractivity contribution in [2.24, 2.45) is 0 Å². The summed E-state index contributed by atoms with van der Waals surface area (Å²) in [6.07, 6.45) is 4.75. The first-order valence-corrected chi connectivity index (χ1v) is 7.57. The number of carbonyl (C=O) groups excluding carboxylic acids is 1. The summed E-state index contributed by atoms with van der Waals surface area (Å²) >= 11 is 0. The van der Waals surface area contributed by atoms with Crippen LogP contribution in [0.25, 0.3) is 0 Å². The number of hydrogen-bond acceptors (Lipinski definition) is 4. The maximum absolute atomic E-state index is 12.6. The molecule has 0 bridgehead atoms. The summed E-state index contributed by atoms with van der Waals surface area (Å²) in [5.74, 6) is 0.631. The first kappa shape index (κ1) is 15.8. The van der Waals surface area contributed by atoms with Gasteiger partial charge in [0.2, 0.25) is 0 Å². The van der Waals surface area contributed by atoms with E-state index in [1.165, 1.54) is 6.42 Å². The second kappa shape index (κ2) is 6.43. The Bertz CT molecular complexity index is 491. The molecule has 1 amide bonds. The fourth-order valence-corrected chi connectivity index (χ4v) is 2.37. The van der Waals surface area contributed by atoms with E-state index in [4.69, 9.17) is 4.74 Å². The molecule has 0 spiro atoms. The maximum Gasteiger partial charge on any atom is 0.431 e. The van der Waals surface area contributed by atoms with E-state index in [0.717, 1.165) is 31.5 Å². The highest BCUT2D eigenvalue weighted by molar-refractivity contribution is 5.85. The van der Waals surface area contributed by atoms with Crippen molar-refractivity contribution in [2.75, 3.05) is 18.1 Å². The quantitative estimate of drug-likeness (QED) is 0.836. The molecule has 0 saturated carbocycles. The second-order valence-corrected chi connectivity index (χ2v) is 6.50. The van der Waals surface area contributed by atoms with Gasteiger partial charge in [-0.3, -0.25) is 0 Å². The van der Waals surface area contributed by atoms with Crippen molar-refractivity contribution in [3.8, 4) is 0 Å². The largest absolute Gasteiger partial charge is 0.442 e. The Balaban J connectivity index is 2.27. The molecule has 5 heteroatoms. The molecule has 0 aromatic carbocycles. The van der Waals surface area contributed by atoms with Crippen LogP contribution in [0.4, 0.5) is 10.6 Å². The van der Waals surface area contributed by atoms with Crippen molar-refractivity contribution in [3.63, 3.8) is 0 Å². The molecule has 0 radical (unpaired) electrons. The van der Waals surface area contributed by atoms with Crippen molar-refractivity contribution in [3.05, 3.63) is 23.9 Å². The fourth-order valence-electron chi connectivity index (χ4n) is 2.37. The maximum atomic E-state index is 12.6. The number of nitrogens with zero attached hydrogens (tertiary/aromatic N) is 3. The zero-order valence-corrected chi connectivity index (χ0v) is 13.4. The molecule has 1 fully saturated rings. The molecule has 5 nitrogen and oxygen atoms in total. The van der Waals surface area contributed by atoms with Crippen LogP contribution in [0, 0.1) is 6.92 Å². The molecule has 2 heterocycles. The molecule has 0 atom stereocenters. The van der Waals surface area contributed by atoms with Gasteiger partial charge in [-0.1, -0.05) is 6.42 Å². The summed E-state index contributed by atoms with van der Waals surface area (Å²) in [6, 6.07) is 3.84. The third-order valence-corrected chi connectivity index (χ3v) is 3.30. The minimum Gasteiger partial charge on any atom is -0.442 e. The number of pyridine rings is 1. The number of rotatable bonds is 2. The number of piperidine rings is 1. The van der Waals surface area contributed by atoms with Gasteiger partial charge in [0, 0.05) is 19.3 Å². The molecule has 0 N–H and O–H groups in total. The number of carbonyl (C=O) groups is 1. The van der Waals surface area contributed by atoms with Crippen LogP contribution in [0.5, 0.6) is 0 Å². The molecule has 0 aliphatic carbocycles. The lowest BCUT2D eigenvalue weighted by atomic mass is 10.1. The third-order valence-electron chi connectivity index (χ3n) is 3.30. The van der Waals surface area contributed by atoms with Crippen LogP contribution in [0.2, 0.25) is 0 Å². The normalized spacial score (nSPS) is 16.6. The molecule has 1 aromatic heterocycles. The summed E-state index contributed by atoms with van der Waals surface area (Å²) in [4.78, 5) is 16.9. The Kier molecular flexibility index (Phi) is 4.83. The predicted octanol–water partition coefficient (Wildman–Crippen LogP) is 3.53. The first-order chi connectivity index (χ1) is 9.87. The highest BCUT2D eigenvalue weighted by Crippen LogP contribution is 2.22. The van der Waals surface area contributed by atoms with Gasteiger partial charge in [0.15, 0.2) is 5.82 Å². The second-order valence-electron chi connectivity index (χ2n) is 6.50. The molecule has 2 rings (SSSR count). The lowest BCUT2D eigenvalue weighted by molar-refractivity contribution is 0.0438. The first-order valence-electron chi connectivity index (χ1n) is 7.57. The van der Waals surface area contributed by atoms with Gasteiger partial charge in [-0.2, -0.15) is 5.01 Å². The monoisotopic (exact) mass is 291 g/mol. The Morgan fingerprint density at radius 3 is 2.52 bits per heavy atom. The Labute approximate surface area is 126 Å². The number of amides is 1. The van der Waals surface area contributed by atoms with E-state index in [1.807, 2.05) is 44.8 Å². The van der Waals surface area contributed by atoms with Crippen LogP contribution in [0.1, 0.15) is 45.6 Å². The third kappa shape index (κ3) is 4.43. The number of anilines is 1. The van der Waals surface area contributed by atoms with Crippen LogP contribution in [0.15, 0.2) is 18.3 Å². The van der Waals surface area contributed by atoms with Gasteiger partial charge in [0.25, 0.3) is 0 Å². The summed E-state index contributed by atoms with van der Waals surface area (Å²) < 4.78 is 5.55. The Morgan fingerprint density at radius 2 is 1.95 bits per heavy atom. The van der Waals surface area contributed by atoms with Crippen molar-refractivity contribution in [1.82, 2.24) is 9.99 Å². The lowest BCUT2D eigenvalue weighted by Crippen LogP contribution is -2.51. The number of hydrazine groups is 1. The Hall–Kier alpha value is -1.62. The SMILES string of the molecule is Cc1ccnc(N(C(=O)OC(C)(C)C)N2CCCCC2)c1. The molecule has 116 valence electrons. The van der Waals surface area contributed by atoms with E-state index >= 15 is 0 Å². The summed E-state index contributed by atoms with van der Waals surface area (Å²) in [5.41, 5.74) is 0.556. The van der Waals surface area contributed by atoms with E-state index < -0.39 is 5.60 Å². The van der Waals surface area contributed by atoms with Gasteiger partial charge in [0.1, 0.15) is 5.60 Å². The Morgan fingerprint density at radius 1 is 1.29 bits per heavy atom. The molecular weight excluding hydrogens is 266 g/mol. The van der Waals surface area contributed by atoms with E-state index in [2.05, 4.69) is 4.98 Å². The molecule has 21 heavy (non-hydrogen) atoms. The fraction of sp³-hybridized carbons (Fsp3) is 0.625. The van der Waals surface area contributed by atoms with Crippen LogP contribution < -0.4 is 5.01 Å². The van der Waals surface area contributed by atoms with Gasteiger partial charge in [-0.15, -0.1) is 0 Å². The highest BCUT2D eigenvalue weighted by atomic mass is 16.6. The van der Waals surface area contributed by atoms with Gasteiger partial charge < -0.3 is 4.74 Å². The van der Waals surface area contributed by atoms with Gasteiger partial charge in [-0.25, -0.2) is 14.8 Å². The standard InChI is InChI=1S/C16H25N3O2/c1-13-8-9-17-14(12-13)19(15(20)21-16(2,3)4)18-10-6-5-7-11-18/h8-9,12H,5-7,10-11H2,1-4H3. The number of aryl methyl sites for hydroxylation is 1. The predicted molar refractivity (Wildman–Crippen MR) is 83.1 cm³/mol. The summed E-state index contributed by atoms with van der Waals surface area (Å²) in [7, 11) is 0. The van der Waals surface area contributed by atoms with E-state index in [1.54, 1.807) is 11.2 Å². The topological polar surface area (TPSA) is 45.7 Å². The minimum absolute atomic E-state index is 0.359. The zero-order chi connectivity index (χ0) is 15.5. The summed E-state index contributed by atoms with van der Waals surface area (Å²) in [5, 5.41) is 3.64. The summed E-state index contributed by atoms with van der Waals surface area (Å²) in [6.45, 7) is 9.34.